The van der Waals surface area contributed by atoms with Crippen LogP contribution in [0, 0.1) is 0 Å². The van der Waals surface area contributed by atoms with Crippen LogP contribution in [0.15, 0.2) is 42.5 Å². The number of rotatable bonds is 5. The van der Waals surface area contributed by atoms with Gasteiger partial charge < -0.3 is 14.4 Å². The van der Waals surface area contributed by atoms with Gasteiger partial charge in [0.1, 0.15) is 5.75 Å². The molecule has 0 aliphatic carbocycles. The Morgan fingerprint density at radius 3 is 2.70 bits per heavy atom. The first-order chi connectivity index (χ1) is 12.9. The van der Waals surface area contributed by atoms with Gasteiger partial charge in [0.05, 0.1) is 5.02 Å². The summed E-state index contributed by atoms with van der Waals surface area (Å²) < 4.78 is 10.6. The average molecular weight is 408 g/mol. The number of anilines is 1. The van der Waals surface area contributed by atoms with Crippen LogP contribution in [0.1, 0.15) is 19.4 Å². The van der Waals surface area contributed by atoms with Crippen LogP contribution in [0.4, 0.5) is 5.69 Å². The first-order valence-corrected chi connectivity index (χ1v) is 9.30. The van der Waals surface area contributed by atoms with E-state index in [-0.39, 0.29) is 18.6 Å². The fourth-order valence-corrected chi connectivity index (χ4v) is 3.57. The third-order valence-corrected chi connectivity index (χ3v) is 4.87. The second kappa shape index (κ2) is 8.19. The molecule has 0 spiro atoms. The zero-order valence-electron chi connectivity index (χ0n) is 14.9. The highest BCUT2D eigenvalue weighted by Crippen LogP contribution is 2.32. The molecule has 2 aromatic carbocycles. The van der Waals surface area contributed by atoms with E-state index in [0.29, 0.717) is 15.8 Å². The molecular formula is C20H19Cl2NO4. The van der Waals surface area contributed by atoms with Gasteiger partial charge in [-0.25, -0.2) is 4.79 Å². The third kappa shape index (κ3) is 4.37. The van der Waals surface area contributed by atoms with E-state index in [1.54, 1.807) is 24.0 Å². The van der Waals surface area contributed by atoms with Gasteiger partial charge in [-0.15, -0.1) is 0 Å². The average Bonchev–Trinajstić information content (AvgIpc) is 2.96. The number of esters is 1. The largest absolute Gasteiger partial charge is 0.480 e. The van der Waals surface area contributed by atoms with E-state index in [9.17, 15) is 9.59 Å². The minimum Gasteiger partial charge on any atom is -0.480 e. The number of benzene rings is 2. The van der Waals surface area contributed by atoms with E-state index in [4.69, 9.17) is 32.7 Å². The number of fused-ring (bicyclic) bond motifs is 1. The van der Waals surface area contributed by atoms with Gasteiger partial charge in [0.2, 0.25) is 0 Å². The zero-order chi connectivity index (χ0) is 19.6. The standard InChI is InChI=1S/C20H19Cl2NO4/c1-12-9-14-5-3-4-6-17(14)23(12)20(25)13(2)27-19(24)11-26-18-8-7-15(21)10-16(18)22/h3-8,10,12-13H,9,11H2,1-2H3/t12-,13-/m0/s1. The summed E-state index contributed by atoms with van der Waals surface area (Å²) in [6.07, 6.45) is -0.142. The Bertz CT molecular complexity index is 871. The molecule has 1 aliphatic heterocycles. The molecule has 0 radical (unpaired) electrons. The van der Waals surface area contributed by atoms with Crippen LogP contribution in [0.25, 0.3) is 0 Å². The Kier molecular flexibility index (Phi) is 5.92. The first-order valence-electron chi connectivity index (χ1n) is 8.55. The van der Waals surface area contributed by atoms with Crippen LogP contribution < -0.4 is 9.64 Å². The Morgan fingerprint density at radius 2 is 1.96 bits per heavy atom. The summed E-state index contributed by atoms with van der Waals surface area (Å²) in [5.74, 6) is -0.591. The van der Waals surface area contributed by atoms with Gasteiger partial charge in [0.25, 0.3) is 5.91 Å². The van der Waals surface area contributed by atoms with E-state index in [2.05, 4.69) is 0 Å². The van der Waals surface area contributed by atoms with E-state index < -0.39 is 12.1 Å². The molecule has 142 valence electrons. The molecule has 0 N–H and O–H groups in total. The maximum Gasteiger partial charge on any atom is 0.344 e. The molecule has 1 amide bonds. The van der Waals surface area contributed by atoms with Crippen LogP contribution in [-0.2, 0) is 20.7 Å². The van der Waals surface area contributed by atoms with Crippen molar-refractivity contribution in [2.45, 2.75) is 32.4 Å². The summed E-state index contributed by atoms with van der Waals surface area (Å²) in [7, 11) is 0. The number of amides is 1. The predicted octanol–water partition coefficient (Wildman–Crippen LogP) is 4.28. The lowest BCUT2D eigenvalue weighted by Crippen LogP contribution is -2.43. The van der Waals surface area contributed by atoms with Gasteiger partial charge in [0, 0.05) is 16.8 Å². The SMILES string of the molecule is C[C@H](OC(=O)COc1ccc(Cl)cc1Cl)C(=O)N1c2ccccc2C[C@@H]1C. The van der Waals surface area contributed by atoms with Gasteiger partial charge in [-0.2, -0.15) is 0 Å². The topological polar surface area (TPSA) is 55.8 Å². The third-order valence-electron chi connectivity index (χ3n) is 4.34. The molecule has 1 aliphatic rings. The van der Waals surface area contributed by atoms with Crippen LogP contribution in [0.5, 0.6) is 5.75 Å². The number of hydrogen-bond acceptors (Lipinski definition) is 4. The van der Waals surface area contributed by atoms with E-state index >= 15 is 0 Å². The van der Waals surface area contributed by atoms with Crippen molar-refractivity contribution in [1.29, 1.82) is 0 Å². The molecule has 2 atom stereocenters. The molecule has 7 heteroatoms. The molecule has 5 nitrogen and oxygen atoms in total. The van der Waals surface area contributed by atoms with Gasteiger partial charge >= 0.3 is 5.97 Å². The fourth-order valence-electron chi connectivity index (χ4n) is 3.11. The molecular weight excluding hydrogens is 389 g/mol. The summed E-state index contributed by atoms with van der Waals surface area (Å²) in [4.78, 5) is 26.5. The van der Waals surface area contributed by atoms with Gasteiger partial charge in [0.15, 0.2) is 12.7 Å². The van der Waals surface area contributed by atoms with Crippen LogP contribution in [0.3, 0.4) is 0 Å². The number of carbonyl (C=O) groups is 2. The van der Waals surface area contributed by atoms with Crippen LogP contribution in [-0.4, -0.2) is 30.6 Å². The Hall–Kier alpha value is -2.24. The second-order valence-corrected chi connectivity index (χ2v) is 7.23. The van der Waals surface area contributed by atoms with Gasteiger partial charge in [-0.3, -0.25) is 4.79 Å². The number of ether oxygens (including phenoxy) is 2. The van der Waals surface area contributed by atoms with Crippen LogP contribution >= 0.6 is 23.2 Å². The maximum absolute atomic E-state index is 12.8. The lowest BCUT2D eigenvalue weighted by Gasteiger charge is -2.25. The second-order valence-electron chi connectivity index (χ2n) is 6.39. The van der Waals surface area contributed by atoms with Crippen molar-refractivity contribution in [2.24, 2.45) is 0 Å². The summed E-state index contributed by atoms with van der Waals surface area (Å²) in [5.41, 5.74) is 1.97. The summed E-state index contributed by atoms with van der Waals surface area (Å²) in [6, 6.07) is 12.4. The highest BCUT2D eigenvalue weighted by molar-refractivity contribution is 6.35. The summed E-state index contributed by atoms with van der Waals surface area (Å²) in [6.45, 7) is 3.17. The van der Waals surface area contributed by atoms with Crippen molar-refractivity contribution in [1.82, 2.24) is 0 Å². The van der Waals surface area contributed by atoms with Crippen molar-refractivity contribution >= 4 is 40.8 Å². The van der Waals surface area contributed by atoms with Gasteiger partial charge in [-0.05, 0) is 50.1 Å². The molecule has 0 saturated heterocycles. The smallest absolute Gasteiger partial charge is 0.344 e. The number of hydrogen-bond donors (Lipinski definition) is 0. The lowest BCUT2D eigenvalue weighted by atomic mass is 10.1. The molecule has 0 bridgehead atoms. The first kappa shape index (κ1) is 19.5. The molecule has 0 aromatic heterocycles. The Balaban J connectivity index is 1.59. The predicted molar refractivity (Wildman–Crippen MR) is 105 cm³/mol. The molecule has 27 heavy (non-hydrogen) atoms. The van der Waals surface area contributed by atoms with Crippen molar-refractivity contribution in [3.63, 3.8) is 0 Å². The summed E-state index contributed by atoms with van der Waals surface area (Å²) >= 11 is 11.8. The molecule has 3 rings (SSSR count). The highest BCUT2D eigenvalue weighted by atomic mass is 35.5. The highest BCUT2D eigenvalue weighted by Gasteiger charge is 2.34. The zero-order valence-corrected chi connectivity index (χ0v) is 16.5. The molecule has 0 fully saturated rings. The maximum atomic E-state index is 12.8. The van der Waals surface area contributed by atoms with E-state index in [1.807, 2.05) is 31.2 Å². The minimum absolute atomic E-state index is 0.0141. The minimum atomic E-state index is -0.921. The number of carbonyl (C=O) groups excluding carboxylic acids is 2. The molecule has 2 aromatic rings. The Morgan fingerprint density at radius 1 is 1.22 bits per heavy atom. The number of halogens is 2. The van der Waals surface area contributed by atoms with Crippen molar-refractivity contribution in [2.75, 3.05) is 11.5 Å². The van der Waals surface area contributed by atoms with Crippen LogP contribution in [0.2, 0.25) is 10.0 Å². The van der Waals surface area contributed by atoms with E-state index in [1.165, 1.54) is 6.07 Å². The van der Waals surface area contributed by atoms with Gasteiger partial charge in [-0.1, -0.05) is 41.4 Å². The lowest BCUT2D eigenvalue weighted by molar-refractivity contribution is -0.155. The van der Waals surface area contributed by atoms with Crippen molar-refractivity contribution in [3.8, 4) is 5.75 Å². The van der Waals surface area contributed by atoms with Crippen molar-refractivity contribution < 1.29 is 19.1 Å². The quantitative estimate of drug-likeness (QED) is 0.693. The monoisotopic (exact) mass is 407 g/mol. The number of nitrogens with zero attached hydrogens (tertiary/aromatic N) is 1. The molecule has 0 unspecified atom stereocenters. The normalized spacial score (nSPS) is 16.6. The summed E-state index contributed by atoms with van der Waals surface area (Å²) in [5, 5.41) is 0.760. The molecule has 1 heterocycles. The van der Waals surface area contributed by atoms with Crippen molar-refractivity contribution in [3.05, 3.63) is 58.1 Å². The van der Waals surface area contributed by atoms with E-state index in [0.717, 1.165) is 17.7 Å². The fraction of sp³-hybridized carbons (Fsp3) is 0.300. The Labute approximate surface area is 167 Å². The number of para-hydroxylation sites is 1. The molecule has 0 saturated carbocycles.